The Morgan fingerprint density at radius 1 is 1.29 bits per heavy atom. The van der Waals surface area contributed by atoms with Crippen LogP contribution in [0.5, 0.6) is 0 Å². The average molecular weight is 234 g/mol. The molecule has 0 spiro atoms. The van der Waals surface area contributed by atoms with Crippen molar-refractivity contribution >= 4 is 11.6 Å². The van der Waals surface area contributed by atoms with Gasteiger partial charge in [-0.3, -0.25) is 4.79 Å². The predicted octanol–water partition coefficient (Wildman–Crippen LogP) is 1.05. The monoisotopic (exact) mass is 234 g/mol. The molecule has 0 saturated carbocycles. The second-order valence-corrected chi connectivity index (χ2v) is 4.60. The number of hydrogen-bond acceptors (Lipinski definition) is 3. The van der Waals surface area contributed by atoms with Crippen LogP contribution < -0.4 is 10.6 Å². The van der Waals surface area contributed by atoms with Crippen molar-refractivity contribution in [1.29, 1.82) is 0 Å². The Morgan fingerprint density at radius 2 is 1.88 bits per heavy atom. The number of amides is 1. The molecule has 0 atom stereocenters. The number of rotatable bonds is 2. The molecule has 1 saturated heterocycles. The van der Waals surface area contributed by atoms with Crippen molar-refractivity contribution in [1.82, 2.24) is 5.32 Å². The lowest BCUT2D eigenvalue weighted by molar-refractivity contribution is -0.136. The summed E-state index contributed by atoms with van der Waals surface area (Å²) >= 11 is 0. The van der Waals surface area contributed by atoms with E-state index in [-0.39, 0.29) is 5.91 Å². The van der Waals surface area contributed by atoms with E-state index in [9.17, 15) is 9.90 Å². The first-order valence-electron chi connectivity index (χ1n) is 5.91. The highest BCUT2D eigenvalue weighted by atomic mass is 16.3. The molecule has 4 nitrogen and oxygen atoms in total. The summed E-state index contributed by atoms with van der Waals surface area (Å²) in [5.74, 6) is -0.303. The molecule has 0 unspecified atom stereocenters. The third kappa shape index (κ3) is 2.84. The van der Waals surface area contributed by atoms with Crippen LogP contribution in [0.4, 0.5) is 5.69 Å². The third-order valence-corrected chi connectivity index (χ3v) is 3.16. The molecule has 1 aromatic carbocycles. The van der Waals surface area contributed by atoms with E-state index in [2.05, 4.69) is 10.6 Å². The molecule has 1 aliphatic rings. The second kappa shape index (κ2) is 4.85. The first-order valence-corrected chi connectivity index (χ1v) is 5.91. The number of benzene rings is 1. The fourth-order valence-electron chi connectivity index (χ4n) is 1.95. The van der Waals surface area contributed by atoms with Crippen molar-refractivity contribution in [3.05, 3.63) is 29.8 Å². The lowest BCUT2D eigenvalue weighted by atomic mass is 9.91. The van der Waals surface area contributed by atoms with Gasteiger partial charge in [0, 0.05) is 5.69 Å². The summed E-state index contributed by atoms with van der Waals surface area (Å²) in [5, 5.41) is 16.1. The Morgan fingerprint density at radius 3 is 2.47 bits per heavy atom. The summed E-state index contributed by atoms with van der Waals surface area (Å²) in [6.45, 7) is 3.35. The molecule has 1 aliphatic heterocycles. The van der Waals surface area contributed by atoms with Gasteiger partial charge >= 0.3 is 0 Å². The van der Waals surface area contributed by atoms with Crippen molar-refractivity contribution in [2.75, 3.05) is 18.4 Å². The van der Waals surface area contributed by atoms with E-state index in [0.717, 1.165) is 11.3 Å². The summed E-state index contributed by atoms with van der Waals surface area (Å²) < 4.78 is 0. The summed E-state index contributed by atoms with van der Waals surface area (Å²) in [6.07, 6.45) is 0.926. The summed E-state index contributed by atoms with van der Waals surface area (Å²) in [7, 11) is 0. The SMILES string of the molecule is Cc1ccc(NC(=O)C2(O)CCNCC2)cc1. The maximum absolute atomic E-state index is 12.0. The molecule has 0 aliphatic carbocycles. The number of aryl methyl sites for hydroxylation is 1. The Balaban J connectivity index is 2.03. The van der Waals surface area contributed by atoms with E-state index in [1.54, 1.807) is 0 Å². The van der Waals surface area contributed by atoms with Gasteiger partial charge in [-0.25, -0.2) is 0 Å². The Kier molecular flexibility index (Phi) is 3.45. The van der Waals surface area contributed by atoms with Crippen LogP contribution in [0.25, 0.3) is 0 Å². The zero-order valence-electron chi connectivity index (χ0n) is 9.99. The molecule has 4 heteroatoms. The predicted molar refractivity (Wildman–Crippen MR) is 66.9 cm³/mol. The van der Waals surface area contributed by atoms with Gasteiger partial charge in [-0.15, -0.1) is 0 Å². The Hall–Kier alpha value is -1.39. The lowest BCUT2D eigenvalue weighted by Gasteiger charge is -2.31. The van der Waals surface area contributed by atoms with Crippen molar-refractivity contribution in [3.63, 3.8) is 0 Å². The summed E-state index contributed by atoms with van der Waals surface area (Å²) in [4.78, 5) is 12.0. The number of carbonyl (C=O) groups is 1. The van der Waals surface area contributed by atoms with Gasteiger partial charge in [0.2, 0.25) is 0 Å². The maximum atomic E-state index is 12.0. The molecule has 0 aromatic heterocycles. The standard InChI is InChI=1S/C13H18N2O2/c1-10-2-4-11(5-3-10)15-12(16)13(17)6-8-14-9-7-13/h2-5,14,17H,6-9H2,1H3,(H,15,16). The van der Waals surface area contributed by atoms with Gasteiger partial charge in [0.15, 0.2) is 0 Å². The van der Waals surface area contributed by atoms with Gasteiger partial charge in [-0.1, -0.05) is 17.7 Å². The molecule has 3 N–H and O–H groups in total. The van der Waals surface area contributed by atoms with Crippen LogP contribution in [0, 0.1) is 6.92 Å². The van der Waals surface area contributed by atoms with Crippen LogP contribution in [0.1, 0.15) is 18.4 Å². The molecule has 1 fully saturated rings. The molecule has 1 heterocycles. The van der Waals surface area contributed by atoms with Gasteiger partial charge in [0.1, 0.15) is 5.60 Å². The van der Waals surface area contributed by atoms with Crippen LogP contribution in [-0.2, 0) is 4.79 Å². The minimum absolute atomic E-state index is 0.303. The number of nitrogens with one attached hydrogen (secondary N) is 2. The highest BCUT2D eigenvalue weighted by Crippen LogP contribution is 2.20. The number of anilines is 1. The van der Waals surface area contributed by atoms with Crippen molar-refractivity contribution in [2.24, 2.45) is 0 Å². The minimum atomic E-state index is -1.23. The highest BCUT2D eigenvalue weighted by molar-refractivity contribution is 5.97. The van der Waals surface area contributed by atoms with E-state index < -0.39 is 5.60 Å². The molecule has 1 amide bonds. The largest absolute Gasteiger partial charge is 0.380 e. The normalized spacial score (nSPS) is 18.7. The van der Waals surface area contributed by atoms with Crippen LogP contribution >= 0.6 is 0 Å². The van der Waals surface area contributed by atoms with Gasteiger partial charge in [-0.2, -0.15) is 0 Å². The van der Waals surface area contributed by atoms with E-state index in [4.69, 9.17) is 0 Å². The van der Waals surface area contributed by atoms with E-state index in [1.807, 2.05) is 31.2 Å². The van der Waals surface area contributed by atoms with Gasteiger partial charge in [0.25, 0.3) is 5.91 Å². The zero-order valence-corrected chi connectivity index (χ0v) is 9.99. The molecule has 0 radical (unpaired) electrons. The number of piperidine rings is 1. The third-order valence-electron chi connectivity index (χ3n) is 3.16. The fraction of sp³-hybridized carbons (Fsp3) is 0.462. The van der Waals surface area contributed by atoms with E-state index >= 15 is 0 Å². The Labute approximate surface area is 101 Å². The molecule has 1 aromatic rings. The number of aliphatic hydroxyl groups is 1. The van der Waals surface area contributed by atoms with E-state index in [0.29, 0.717) is 25.9 Å². The van der Waals surface area contributed by atoms with Gasteiger partial charge in [0.05, 0.1) is 0 Å². The number of carbonyl (C=O) groups excluding carboxylic acids is 1. The first kappa shape index (κ1) is 12.1. The highest BCUT2D eigenvalue weighted by Gasteiger charge is 2.36. The molecular formula is C13H18N2O2. The van der Waals surface area contributed by atoms with Crippen molar-refractivity contribution < 1.29 is 9.90 Å². The van der Waals surface area contributed by atoms with Crippen LogP contribution in [0.15, 0.2) is 24.3 Å². The minimum Gasteiger partial charge on any atom is -0.380 e. The molecular weight excluding hydrogens is 216 g/mol. The smallest absolute Gasteiger partial charge is 0.256 e. The average Bonchev–Trinajstić information content (AvgIpc) is 2.33. The van der Waals surface area contributed by atoms with Gasteiger partial charge < -0.3 is 15.7 Å². The molecule has 92 valence electrons. The quantitative estimate of drug-likeness (QED) is 0.716. The molecule has 2 rings (SSSR count). The lowest BCUT2D eigenvalue weighted by Crippen LogP contribution is -2.50. The van der Waals surface area contributed by atoms with Crippen molar-refractivity contribution in [2.45, 2.75) is 25.4 Å². The van der Waals surface area contributed by atoms with Gasteiger partial charge in [-0.05, 0) is 45.0 Å². The summed E-state index contributed by atoms with van der Waals surface area (Å²) in [6, 6.07) is 7.56. The first-order chi connectivity index (χ1) is 8.10. The fourth-order valence-corrected chi connectivity index (χ4v) is 1.95. The zero-order chi connectivity index (χ0) is 12.3. The van der Waals surface area contributed by atoms with Crippen LogP contribution in [-0.4, -0.2) is 29.7 Å². The van der Waals surface area contributed by atoms with Crippen LogP contribution in [0.3, 0.4) is 0 Å². The maximum Gasteiger partial charge on any atom is 0.256 e. The topological polar surface area (TPSA) is 61.4 Å². The van der Waals surface area contributed by atoms with E-state index in [1.165, 1.54) is 0 Å². The van der Waals surface area contributed by atoms with Crippen molar-refractivity contribution in [3.8, 4) is 0 Å². The molecule has 17 heavy (non-hydrogen) atoms. The van der Waals surface area contributed by atoms with Crippen LogP contribution in [0.2, 0.25) is 0 Å². The second-order valence-electron chi connectivity index (χ2n) is 4.60. The molecule has 0 bridgehead atoms. The summed E-state index contributed by atoms with van der Waals surface area (Å²) in [5.41, 5.74) is 0.645. The Bertz CT molecular complexity index is 394. The number of hydrogen-bond donors (Lipinski definition) is 3.